The standard InChI is InChI=1S/C17H18BrN3S/c1-4-13-14-8-12(18)5-6-15(14)21-16(13)10(2)7-11(3)17(19)20-9-22/h4-6,8-9,11,21H,1-2,7H2,3H3,(H2,19,20,22). The highest BCUT2D eigenvalue weighted by Crippen LogP contribution is 2.32. The predicted molar refractivity (Wildman–Crippen MR) is 103 cm³/mol. The monoisotopic (exact) mass is 375 g/mol. The maximum Gasteiger partial charge on any atom is 0.101 e. The third-order valence-electron chi connectivity index (χ3n) is 3.62. The van der Waals surface area contributed by atoms with E-state index in [2.05, 4.69) is 45.5 Å². The Bertz CT molecular complexity index is 761. The second kappa shape index (κ2) is 7.03. The third kappa shape index (κ3) is 3.36. The first-order valence-corrected chi connectivity index (χ1v) is 8.14. The minimum Gasteiger partial charge on any atom is -0.354 e. The average molecular weight is 376 g/mol. The summed E-state index contributed by atoms with van der Waals surface area (Å²) in [6, 6.07) is 6.10. The summed E-state index contributed by atoms with van der Waals surface area (Å²) in [5.41, 5.74) is 5.38. The smallest absolute Gasteiger partial charge is 0.101 e. The number of allylic oxidation sites excluding steroid dienone is 1. The number of thiocarbonyl (C=S) groups is 1. The van der Waals surface area contributed by atoms with Gasteiger partial charge in [0.25, 0.3) is 0 Å². The van der Waals surface area contributed by atoms with Crippen molar-refractivity contribution in [3.8, 4) is 0 Å². The summed E-state index contributed by atoms with van der Waals surface area (Å²) >= 11 is 8.22. The van der Waals surface area contributed by atoms with Crippen molar-refractivity contribution in [1.82, 2.24) is 10.3 Å². The summed E-state index contributed by atoms with van der Waals surface area (Å²) in [5.74, 6) is 0.415. The van der Waals surface area contributed by atoms with E-state index in [1.54, 1.807) is 0 Å². The molecule has 22 heavy (non-hydrogen) atoms. The summed E-state index contributed by atoms with van der Waals surface area (Å²) in [7, 11) is 0. The lowest BCUT2D eigenvalue weighted by atomic mass is 9.96. The van der Waals surface area contributed by atoms with Crippen molar-refractivity contribution in [2.75, 3.05) is 0 Å². The van der Waals surface area contributed by atoms with Crippen LogP contribution in [0.4, 0.5) is 0 Å². The van der Waals surface area contributed by atoms with E-state index in [4.69, 9.17) is 17.6 Å². The van der Waals surface area contributed by atoms with Gasteiger partial charge in [-0.25, -0.2) is 0 Å². The quantitative estimate of drug-likeness (QED) is 0.372. The Morgan fingerprint density at radius 1 is 1.55 bits per heavy atom. The minimum atomic E-state index is 0.0162. The van der Waals surface area contributed by atoms with E-state index in [-0.39, 0.29) is 5.92 Å². The van der Waals surface area contributed by atoms with Crippen LogP contribution in [0.25, 0.3) is 22.6 Å². The van der Waals surface area contributed by atoms with Crippen molar-refractivity contribution in [2.24, 2.45) is 5.92 Å². The molecule has 0 aliphatic rings. The lowest BCUT2D eigenvalue weighted by Gasteiger charge is -2.14. The van der Waals surface area contributed by atoms with Crippen LogP contribution in [0.15, 0.2) is 35.8 Å². The van der Waals surface area contributed by atoms with Gasteiger partial charge in [0.05, 0.1) is 5.49 Å². The van der Waals surface area contributed by atoms with Crippen molar-refractivity contribution in [1.29, 1.82) is 5.41 Å². The van der Waals surface area contributed by atoms with Crippen LogP contribution in [0.1, 0.15) is 24.6 Å². The number of amidine groups is 1. The van der Waals surface area contributed by atoms with Crippen molar-refractivity contribution in [3.63, 3.8) is 0 Å². The molecular formula is C17H18BrN3S. The lowest BCUT2D eigenvalue weighted by molar-refractivity contribution is 0.777. The minimum absolute atomic E-state index is 0.0162. The SMILES string of the molecule is C=Cc1c(C(=C)CC(C)C(=N)NC=S)[nH]c2ccc(Br)cc12. The highest BCUT2D eigenvalue weighted by atomic mass is 79.9. The molecule has 0 amide bonds. The molecule has 5 heteroatoms. The highest BCUT2D eigenvalue weighted by molar-refractivity contribution is 9.10. The molecule has 2 aromatic rings. The number of fused-ring (bicyclic) bond motifs is 1. The van der Waals surface area contributed by atoms with Gasteiger partial charge in [0, 0.05) is 32.6 Å². The van der Waals surface area contributed by atoms with E-state index in [1.807, 2.05) is 25.1 Å². The number of nitrogens with one attached hydrogen (secondary N) is 3. The lowest BCUT2D eigenvalue weighted by Crippen LogP contribution is -2.26. The van der Waals surface area contributed by atoms with Gasteiger partial charge in [-0.1, -0.05) is 54.3 Å². The zero-order valence-electron chi connectivity index (χ0n) is 12.4. The van der Waals surface area contributed by atoms with Crippen molar-refractivity contribution in [3.05, 3.63) is 47.1 Å². The normalized spacial score (nSPS) is 11.9. The molecule has 2 rings (SSSR count). The summed E-state index contributed by atoms with van der Waals surface area (Å²) in [6.07, 6.45) is 2.51. The summed E-state index contributed by atoms with van der Waals surface area (Å²) in [4.78, 5) is 3.41. The summed E-state index contributed by atoms with van der Waals surface area (Å²) in [6.45, 7) is 10.1. The van der Waals surface area contributed by atoms with Gasteiger partial charge in [-0.05, 0) is 30.2 Å². The van der Waals surface area contributed by atoms with Gasteiger partial charge in [0.1, 0.15) is 5.84 Å². The molecule has 3 nitrogen and oxygen atoms in total. The van der Waals surface area contributed by atoms with Gasteiger partial charge in [-0.2, -0.15) is 0 Å². The number of hydrogen-bond donors (Lipinski definition) is 3. The first-order valence-electron chi connectivity index (χ1n) is 6.88. The molecule has 1 unspecified atom stereocenters. The van der Waals surface area contributed by atoms with Crippen LogP contribution in [0.2, 0.25) is 0 Å². The Morgan fingerprint density at radius 2 is 2.27 bits per heavy atom. The fraction of sp³-hybridized carbons (Fsp3) is 0.176. The van der Waals surface area contributed by atoms with E-state index in [9.17, 15) is 0 Å². The van der Waals surface area contributed by atoms with Crippen LogP contribution in [-0.4, -0.2) is 16.3 Å². The number of aromatic amines is 1. The molecule has 114 valence electrons. The van der Waals surface area contributed by atoms with Gasteiger partial charge in [-0.3, -0.25) is 5.41 Å². The Morgan fingerprint density at radius 3 is 2.91 bits per heavy atom. The molecule has 1 heterocycles. The molecule has 0 aliphatic carbocycles. The maximum absolute atomic E-state index is 7.90. The summed E-state index contributed by atoms with van der Waals surface area (Å²) in [5, 5.41) is 11.8. The summed E-state index contributed by atoms with van der Waals surface area (Å²) < 4.78 is 1.03. The molecule has 0 radical (unpaired) electrons. The van der Waals surface area contributed by atoms with Gasteiger partial charge >= 0.3 is 0 Å². The topological polar surface area (TPSA) is 51.7 Å². The van der Waals surface area contributed by atoms with Crippen LogP contribution in [-0.2, 0) is 0 Å². The molecule has 1 aromatic heterocycles. The van der Waals surface area contributed by atoms with Gasteiger partial charge < -0.3 is 10.3 Å². The van der Waals surface area contributed by atoms with E-state index in [0.29, 0.717) is 12.3 Å². The molecule has 1 atom stereocenters. The van der Waals surface area contributed by atoms with Crippen LogP contribution >= 0.6 is 28.1 Å². The second-order valence-electron chi connectivity index (χ2n) is 5.19. The van der Waals surface area contributed by atoms with E-state index >= 15 is 0 Å². The number of aromatic nitrogens is 1. The third-order valence-corrected chi connectivity index (χ3v) is 4.23. The number of benzene rings is 1. The molecular weight excluding hydrogens is 358 g/mol. The van der Waals surface area contributed by atoms with Gasteiger partial charge in [0.15, 0.2) is 0 Å². The van der Waals surface area contributed by atoms with Crippen LogP contribution in [0.5, 0.6) is 0 Å². The fourth-order valence-corrected chi connectivity index (χ4v) is 2.94. The molecule has 1 aromatic carbocycles. The maximum atomic E-state index is 7.90. The molecule has 3 N–H and O–H groups in total. The van der Waals surface area contributed by atoms with Crippen molar-refractivity contribution < 1.29 is 0 Å². The zero-order valence-corrected chi connectivity index (χ0v) is 14.8. The fourth-order valence-electron chi connectivity index (χ4n) is 2.46. The zero-order chi connectivity index (χ0) is 16.3. The molecule has 0 fully saturated rings. The molecule has 0 bridgehead atoms. The van der Waals surface area contributed by atoms with E-state index in [1.165, 1.54) is 5.49 Å². The highest BCUT2D eigenvalue weighted by Gasteiger charge is 2.16. The largest absolute Gasteiger partial charge is 0.354 e. The second-order valence-corrected chi connectivity index (χ2v) is 6.34. The Hall–Kier alpha value is -1.72. The first kappa shape index (κ1) is 16.6. The molecule has 0 saturated carbocycles. The Kier molecular flexibility index (Phi) is 5.32. The van der Waals surface area contributed by atoms with Gasteiger partial charge in [-0.15, -0.1) is 0 Å². The molecule has 0 saturated heterocycles. The average Bonchev–Trinajstić information content (AvgIpc) is 2.85. The molecule has 0 spiro atoms. The number of rotatable bonds is 6. The predicted octanol–water partition coefficient (Wildman–Crippen LogP) is 5.14. The Labute approximate surface area is 144 Å². The number of hydrogen-bond acceptors (Lipinski definition) is 2. The van der Waals surface area contributed by atoms with Crippen LogP contribution in [0.3, 0.4) is 0 Å². The molecule has 0 aliphatic heterocycles. The Balaban J connectivity index is 2.33. The van der Waals surface area contributed by atoms with E-state index in [0.717, 1.165) is 32.2 Å². The van der Waals surface area contributed by atoms with Crippen LogP contribution < -0.4 is 5.32 Å². The first-order chi connectivity index (χ1) is 10.5. The van der Waals surface area contributed by atoms with E-state index < -0.39 is 0 Å². The van der Waals surface area contributed by atoms with Crippen LogP contribution in [0, 0.1) is 11.3 Å². The van der Waals surface area contributed by atoms with Gasteiger partial charge in [0.2, 0.25) is 0 Å². The number of H-pyrrole nitrogens is 1. The van der Waals surface area contributed by atoms with Crippen molar-refractivity contribution in [2.45, 2.75) is 13.3 Å². The number of halogens is 1. The van der Waals surface area contributed by atoms with Crippen molar-refractivity contribution >= 4 is 62.0 Å².